The van der Waals surface area contributed by atoms with Gasteiger partial charge in [-0.25, -0.2) is 19.9 Å². The molecule has 0 saturated carbocycles. The number of ether oxygens (including phenoxy) is 2. The molecule has 6 nitrogen and oxygen atoms in total. The molecule has 0 aliphatic carbocycles. The Hall–Kier alpha value is -3.12. The fourth-order valence-electron chi connectivity index (χ4n) is 2.64. The zero-order valence-corrected chi connectivity index (χ0v) is 18.6. The average Bonchev–Trinajstić information content (AvgIpc) is 2.76. The molecule has 4 aromatic rings. The van der Waals surface area contributed by atoms with Crippen molar-refractivity contribution in [3.05, 3.63) is 58.1 Å². The van der Waals surface area contributed by atoms with E-state index in [1.54, 1.807) is 6.07 Å². The predicted octanol–water partition coefficient (Wildman–Crippen LogP) is 6.62. The summed E-state index contributed by atoms with van der Waals surface area (Å²) in [5.41, 5.74) is -1.65. The molecule has 0 spiro atoms. The van der Waals surface area contributed by atoms with Gasteiger partial charge in [0.05, 0.1) is 36.3 Å². The van der Waals surface area contributed by atoms with E-state index in [2.05, 4.69) is 19.9 Å². The summed E-state index contributed by atoms with van der Waals surface area (Å²) in [6, 6.07) is 8.80. The standard InChI is InChI=1S/2C10H6ClF3N2O/c1-17-5-2-3-6-7(4-5)15-8(9(11)16-6)10(12,13)14;1-17-5-2-3-6-7(4-5)16-9(11)8(15-6)10(12,13)14/h2*2-4H,1H3. The van der Waals surface area contributed by atoms with Crippen molar-refractivity contribution in [2.45, 2.75) is 12.4 Å². The third-order valence-corrected chi connectivity index (χ3v) is 4.72. The minimum absolute atomic E-state index is 0.0843. The number of benzene rings is 2. The Morgan fingerprint density at radius 3 is 1.35 bits per heavy atom. The number of rotatable bonds is 2. The van der Waals surface area contributed by atoms with Gasteiger partial charge in [0.2, 0.25) is 0 Å². The number of alkyl halides is 6. The Morgan fingerprint density at radius 1 is 0.588 bits per heavy atom. The van der Waals surface area contributed by atoms with Crippen molar-refractivity contribution in [1.29, 1.82) is 0 Å². The summed E-state index contributed by atoms with van der Waals surface area (Å²) >= 11 is 10.9. The maximum atomic E-state index is 12.5. The molecular weight excluding hydrogens is 513 g/mol. The number of aromatic nitrogens is 4. The maximum Gasteiger partial charge on any atom is 0.436 e. The number of fused-ring (bicyclic) bond motifs is 2. The molecule has 0 atom stereocenters. The van der Waals surface area contributed by atoms with Crippen LogP contribution in [0.3, 0.4) is 0 Å². The summed E-state index contributed by atoms with van der Waals surface area (Å²) in [6.45, 7) is 0. The molecule has 2 aromatic heterocycles. The van der Waals surface area contributed by atoms with E-state index >= 15 is 0 Å². The van der Waals surface area contributed by atoms with Crippen LogP contribution in [0.5, 0.6) is 11.5 Å². The molecule has 0 amide bonds. The molecule has 0 saturated heterocycles. The number of halogens is 8. The van der Waals surface area contributed by atoms with Gasteiger partial charge in [-0.2, -0.15) is 26.3 Å². The third-order valence-electron chi connectivity index (χ3n) is 4.19. The Balaban J connectivity index is 0.000000191. The van der Waals surface area contributed by atoms with E-state index in [0.29, 0.717) is 11.5 Å². The second kappa shape index (κ2) is 9.63. The second-order valence-electron chi connectivity index (χ2n) is 6.43. The number of methoxy groups -OCH3 is 2. The van der Waals surface area contributed by atoms with Gasteiger partial charge in [0.25, 0.3) is 0 Å². The van der Waals surface area contributed by atoms with Gasteiger partial charge >= 0.3 is 12.4 Å². The zero-order chi connectivity index (χ0) is 25.3. The van der Waals surface area contributed by atoms with Gasteiger partial charge in [-0.3, -0.25) is 0 Å². The van der Waals surface area contributed by atoms with Crippen LogP contribution in [0.25, 0.3) is 22.1 Å². The highest BCUT2D eigenvalue weighted by Crippen LogP contribution is 2.34. The Morgan fingerprint density at radius 2 is 0.941 bits per heavy atom. The van der Waals surface area contributed by atoms with Crippen molar-refractivity contribution in [3.63, 3.8) is 0 Å². The fourth-order valence-corrected chi connectivity index (χ4v) is 3.12. The first-order valence-electron chi connectivity index (χ1n) is 9.00. The molecule has 0 N–H and O–H groups in total. The van der Waals surface area contributed by atoms with Gasteiger partial charge in [0.1, 0.15) is 11.5 Å². The maximum absolute atomic E-state index is 12.5. The van der Waals surface area contributed by atoms with E-state index in [1.807, 2.05) is 0 Å². The monoisotopic (exact) mass is 524 g/mol. The minimum Gasteiger partial charge on any atom is -0.497 e. The first-order valence-corrected chi connectivity index (χ1v) is 9.76. The highest BCUT2D eigenvalue weighted by molar-refractivity contribution is 6.30. The van der Waals surface area contributed by atoms with Crippen LogP contribution in [0.1, 0.15) is 11.4 Å². The highest BCUT2D eigenvalue weighted by atomic mass is 35.5. The van der Waals surface area contributed by atoms with E-state index in [-0.39, 0.29) is 22.1 Å². The fraction of sp³-hybridized carbons (Fsp3) is 0.200. The molecule has 0 radical (unpaired) electrons. The smallest absolute Gasteiger partial charge is 0.436 e. The van der Waals surface area contributed by atoms with E-state index in [1.165, 1.54) is 44.6 Å². The SMILES string of the molecule is COc1ccc2nc(C(F)(F)F)c(Cl)nc2c1.COc1ccc2nc(Cl)c(C(F)(F)F)nc2c1. The van der Waals surface area contributed by atoms with E-state index in [0.717, 1.165) is 0 Å². The summed E-state index contributed by atoms with van der Waals surface area (Å²) in [7, 11) is 2.86. The number of hydrogen-bond acceptors (Lipinski definition) is 6. The van der Waals surface area contributed by atoms with Gasteiger partial charge in [-0.15, -0.1) is 0 Å². The van der Waals surface area contributed by atoms with E-state index < -0.39 is 34.0 Å². The van der Waals surface area contributed by atoms with Crippen molar-refractivity contribution in [2.24, 2.45) is 0 Å². The summed E-state index contributed by atoms with van der Waals surface area (Å²) < 4.78 is 85.0. The van der Waals surface area contributed by atoms with Crippen LogP contribution in [0.2, 0.25) is 10.3 Å². The lowest BCUT2D eigenvalue weighted by atomic mass is 10.2. The van der Waals surface area contributed by atoms with E-state index in [4.69, 9.17) is 32.7 Å². The molecule has 0 unspecified atom stereocenters. The molecule has 0 fully saturated rings. The molecule has 34 heavy (non-hydrogen) atoms. The Bertz CT molecular complexity index is 1350. The van der Waals surface area contributed by atoms with Crippen molar-refractivity contribution in [2.75, 3.05) is 14.2 Å². The third kappa shape index (κ3) is 5.68. The van der Waals surface area contributed by atoms with Gasteiger partial charge in [-0.05, 0) is 24.3 Å². The summed E-state index contributed by atoms with van der Waals surface area (Å²) in [4.78, 5) is 14.2. The predicted molar refractivity (Wildman–Crippen MR) is 112 cm³/mol. The molecule has 2 heterocycles. The molecule has 180 valence electrons. The molecule has 14 heteroatoms. The Kier molecular flexibility index (Phi) is 7.22. The van der Waals surface area contributed by atoms with Crippen molar-refractivity contribution in [1.82, 2.24) is 19.9 Å². The summed E-state index contributed by atoms with van der Waals surface area (Å²) in [6.07, 6.45) is -9.24. The average molecular weight is 525 g/mol. The van der Waals surface area contributed by atoms with Crippen molar-refractivity contribution < 1.29 is 35.8 Å². The van der Waals surface area contributed by atoms with Crippen LogP contribution in [0.4, 0.5) is 26.3 Å². The molecule has 0 bridgehead atoms. The van der Waals surface area contributed by atoms with Gasteiger partial charge in [-0.1, -0.05) is 23.2 Å². The largest absolute Gasteiger partial charge is 0.497 e. The van der Waals surface area contributed by atoms with E-state index in [9.17, 15) is 26.3 Å². The molecule has 2 aromatic carbocycles. The van der Waals surface area contributed by atoms with Gasteiger partial charge in [0.15, 0.2) is 21.7 Å². The first-order chi connectivity index (χ1) is 15.8. The lowest BCUT2D eigenvalue weighted by Crippen LogP contribution is -2.10. The van der Waals surface area contributed by atoms with Crippen LogP contribution in [0.15, 0.2) is 36.4 Å². The van der Waals surface area contributed by atoms with Gasteiger partial charge < -0.3 is 9.47 Å². The molecule has 0 aliphatic rings. The number of hydrogen-bond donors (Lipinski definition) is 0. The normalized spacial score (nSPS) is 11.8. The zero-order valence-electron chi connectivity index (χ0n) is 17.1. The lowest BCUT2D eigenvalue weighted by Gasteiger charge is -2.08. The summed E-state index contributed by atoms with van der Waals surface area (Å²) in [5.74, 6) is 0.880. The Labute approximate surface area is 197 Å². The lowest BCUT2D eigenvalue weighted by molar-refractivity contribution is -0.141. The van der Waals surface area contributed by atoms with Crippen molar-refractivity contribution in [3.8, 4) is 11.5 Å². The second-order valence-corrected chi connectivity index (χ2v) is 7.15. The van der Waals surface area contributed by atoms with Crippen LogP contribution in [-0.4, -0.2) is 34.2 Å². The number of nitrogens with zero attached hydrogens (tertiary/aromatic N) is 4. The van der Waals surface area contributed by atoms with Crippen molar-refractivity contribution >= 4 is 45.3 Å². The van der Waals surface area contributed by atoms with Crippen LogP contribution in [-0.2, 0) is 12.4 Å². The summed E-state index contributed by atoms with van der Waals surface area (Å²) in [5, 5.41) is -1.33. The highest BCUT2D eigenvalue weighted by Gasteiger charge is 2.37. The first kappa shape index (κ1) is 25.5. The minimum atomic E-state index is -4.62. The molecule has 0 aliphatic heterocycles. The topological polar surface area (TPSA) is 70.0 Å². The van der Waals surface area contributed by atoms with Gasteiger partial charge in [0, 0.05) is 12.1 Å². The molecular formula is C20H12Cl2F6N4O2. The van der Waals surface area contributed by atoms with Crippen LogP contribution >= 0.6 is 23.2 Å². The van der Waals surface area contributed by atoms with Crippen LogP contribution in [0, 0.1) is 0 Å². The quantitative estimate of drug-likeness (QED) is 0.274. The molecule has 4 rings (SSSR count). The van der Waals surface area contributed by atoms with Crippen LogP contribution < -0.4 is 9.47 Å².